The fraction of sp³-hybridized carbons (Fsp3) is 0.288. The predicted molar refractivity (Wildman–Crippen MR) is 285 cm³/mol. The van der Waals surface area contributed by atoms with Crippen LogP contribution in [0.4, 0.5) is 0 Å². The largest absolute Gasteiger partial charge is 0.497 e. The summed E-state index contributed by atoms with van der Waals surface area (Å²) in [4.78, 5) is 46.9. The zero-order chi connectivity index (χ0) is 51.2. The summed E-state index contributed by atoms with van der Waals surface area (Å²) in [5, 5.41) is 6.60. The van der Waals surface area contributed by atoms with Gasteiger partial charge in [-0.15, -0.1) is 0 Å². The summed E-state index contributed by atoms with van der Waals surface area (Å²) < 4.78 is 42.4. The highest BCUT2D eigenvalue weighted by Crippen LogP contribution is 2.52. The van der Waals surface area contributed by atoms with E-state index in [2.05, 4.69) is 90.4 Å². The van der Waals surface area contributed by atoms with E-state index in [1.807, 2.05) is 97.1 Å². The number of hydrogen-bond acceptors (Lipinski definition) is 10. The van der Waals surface area contributed by atoms with Gasteiger partial charge < -0.3 is 32.8 Å². The summed E-state index contributed by atoms with van der Waals surface area (Å²) >= 11 is 0. The number of ketones is 1. The molecule has 0 amide bonds. The molecule has 8 aromatic rings. The minimum atomic E-state index is -1.83. The van der Waals surface area contributed by atoms with E-state index in [1.165, 1.54) is 16.2 Å². The number of nitrogens with zero attached hydrogens (tertiary/aromatic N) is 3. The van der Waals surface area contributed by atoms with Gasteiger partial charge in [0.25, 0.3) is 14.1 Å². The van der Waals surface area contributed by atoms with Crippen LogP contribution in [-0.4, -0.2) is 71.9 Å². The van der Waals surface area contributed by atoms with Gasteiger partial charge in [0.1, 0.15) is 41.6 Å². The summed E-state index contributed by atoms with van der Waals surface area (Å²) in [6.07, 6.45) is -1.30. The first kappa shape index (κ1) is 50.7. The molecule has 1 aliphatic rings. The van der Waals surface area contributed by atoms with Crippen LogP contribution >= 0.6 is 8.53 Å². The van der Waals surface area contributed by atoms with E-state index in [1.54, 1.807) is 14.2 Å². The van der Waals surface area contributed by atoms with Crippen molar-refractivity contribution in [2.75, 3.05) is 27.4 Å². The van der Waals surface area contributed by atoms with Crippen molar-refractivity contribution < 1.29 is 32.8 Å². The number of H-pyrrole nitrogens is 1. The number of ether oxygens (including phenoxy) is 4. The fourth-order valence-electron chi connectivity index (χ4n) is 9.77. The van der Waals surface area contributed by atoms with Gasteiger partial charge in [-0.2, -0.15) is 0 Å². The summed E-state index contributed by atoms with van der Waals surface area (Å²) in [6.45, 7) is 15.9. The lowest BCUT2D eigenvalue weighted by Crippen LogP contribution is -2.42. The van der Waals surface area contributed by atoms with Gasteiger partial charge >= 0.3 is 5.69 Å². The van der Waals surface area contributed by atoms with E-state index < -0.39 is 44.0 Å². The van der Waals surface area contributed by atoms with Crippen LogP contribution in [0.15, 0.2) is 149 Å². The first-order valence-electron chi connectivity index (χ1n) is 24.4. The second-order valence-electron chi connectivity index (χ2n) is 18.4. The van der Waals surface area contributed by atoms with Crippen molar-refractivity contribution in [1.29, 1.82) is 0 Å². The van der Waals surface area contributed by atoms with Crippen LogP contribution in [0.3, 0.4) is 0 Å². The maximum Gasteiger partial charge on any atom is 0.330 e. The Kier molecular flexibility index (Phi) is 15.5. The van der Waals surface area contributed by atoms with Gasteiger partial charge in [0.05, 0.1) is 14.2 Å². The Labute approximate surface area is 425 Å². The van der Waals surface area contributed by atoms with Gasteiger partial charge in [-0.25, -0.2) is 16.0 Å². The number of aromatic amines is 1. The summed E-state index contributed by atoms with van der Waals surface area (Å²) in [7, 11) is 1.39. The molecule has 2 heterocycles. The molecular weight excluding hydrogens is 940 g/mol. The Morgan fingerprint density at radius 2 is 1.38 bits per heavy atom. The topological polar surface area (TPSA) is 135 Å². The number of benzene rings is 7. The molecule has 0 saturated carbocycles. The maximum absolute atomic E-state index is 13.9. The summed E-state index contributed by atoms with van der Waals surface area (Å²) in [6, 6.07) is 43.3. The molecule has 1 aromatic heterocycles. The second-order valence-corrected chi connectivity index (χ2v) is 19.8. The van der Waals surface area contributed by atoms with E-state index in [0.717, 1.165) is 43.6 Å². The van der Waals surface area contributed by atoms with Crippen molar-refractivity contribution >= 4 is 46.6 Å². The van der Waals surface area contributed by atoms with Crippen molar-refractivity contribution in [1.82, 2.24) is 14.2 Å². The number of methoxy groups -OCH3 is 2. The van der Waals surface area contributed by atoms with E-state index in [9.17, 15) is 14.4 Å². The third-order valence-corrected chi connectivity index (χ3v) is 15.3. The first-order valence-corrected chi connectivity index (χ1v) is 25.5. The monoisotopic (exact) mass is 996 g/mol. The molecule has 4 atom stereocenters. The van der Waals surface area contributed by atoms with Gasteiger partial charge in [-0.05, 0) is 113 Å². The molecule has 0 aliphatic carbocycles. The maximum atomic E-state index is 13.9. The third kappa shape index (κ3) is 10.5. The van der Waals surface area contributed by atoms with Crippen LogP contribution in [0.5, 0.6) is 11.5 Å². The summed E-state index contributed by atoms with van der Waals surface area (Å²) in [5.74, 6) is 7.17. The Balaban J connectivity index is 1.06. The number of nitrogens with one attached hydrogen (secondary N) is 1. The predicted octanol–water partition coefficient (Wildman–Crippen LogP) is 11.4. The van der Waals surface area contributed by atoms with Crippen LogP contribution < -0.4 is 20.7 Å². The van der Waals surface area contributed by atoms with Crippen molar-refractivity contribution in [3.05, 3.63) is 200 Å². The summed E-state index contributed by atoms with van der Waals surface area (Å²) in [5.41, 5.74) is 0.126. The standard InChI is InChI=1S/C59H57N4O9P/c1-38(2)63(39(3)4)73(69-33-32-60-5)72-52-36-53(70-57(52)71-59(46-17-9-8-10-18-46,47-24-28-49(67-6)29-25-47)48-26-30-50(68-7)31-27-48)62-37-44(56(65)61-58(62)66)14-11-12-19-51(64)45-34-42-22-20-40-15-13-16-41-21-23-43(35-45)55(42)54(40)41/h8-10,13,15-18,20-31,34-35,37-39,52-53,57H,12,19,32-33,36H2,1-4,6-7H3,(H,61,65,66)/t52-,53-,57-,73?/m1/s1. The molecule has 0 bridgehead atoms. The highest BCUT2D eigenvalue weighted by molar-refractivity contribution is 7.44. The molecule has 1 N–H and O–H groups in total. The molecule has 73 heavy (non-hydrogen) atoms. The Hall–Kier alpha value is -7.19. The second kappa shape index (κ2) is 22.3. The molecule has 1 unspecified atom stereocenters. The molecule has 1 saturated heterocycles. The van der Waals surface area contributed by atoms with Crippen LogP contribution in [0.1, 0.15) is 85.8 Å². The zero-order valence-electron chi connectivity index (χ0n) is 41.7. The van der Waals surface area contributed by atoms with Crippen molar-refractivity contribution in [2.45, 2.75) is 83.3 Å². The molecule has 1 aliphatic heterocycles. The number of rotatable bonds is 19. The van der Waals surface area contributed by atoms with Gasteiger partial charge in [-0.3, -0.25) is 19.1 Å². The average molecular weight is 997 g/mol. The van der Waals surface area contributed by atoms with Gasteiger partial charge in [0, 0.05) is 43.1 Å². The van der Waals surface area contributed by atoms with Gasteiger partial charge in [0.2, 0.25) is 6.54 Å². The Bertz CT molecular complexity index is 3330. The molecule has 9 rings (SSSR count). The molecule has 372 valence electrons. The van der Waals surface area contributed by atoms with Crippen LogP contribution in [0.2, 0.25) is 0 Å². The van der Waals surface area contributed by atoms with Crippen LogP contribution in [0, 0.1) is 18.4 Å². The van der Waals surface area contributed by atoms with E-state index in [4.69, 9.17) is 34.6 Å². The minimum Gasteiger partial charge on any atom is -0.497 e. The Morgan fingerprint density at radius 3 is 1.96 bits per heavy atom. The SMILES string of the molecule is [C-]#[N+]CCOP(O[C@@H]1C[C@H](n2cc(C#CCCC(=O)c3cc4ccc5cccc6ccc(c3)c4c56)c(=O)[nH]c2=O)O[C@@H]1OC(c1ccccc1)(c1ccc(OC)cc1)c1ccc(OC)cc1)N(C(C)C)C(C)C. The fourth-order valence-corrected chi connectivity index (χ4v) is 11.5. The van der Waals surface area contributed by atoms with Gasteiger partial charge in [-0.1, -0.05) is 109 Å². The third-order valence-electron chi connectivity index (χ3n) is 13.1. The Morgan fingerprint density at radius 1 is 0.808 bits per heavy atom. The van der Waals surface area contributed by atoms with Crippen LogP contribution in [0.25, 0.3) is 37.2 Å². The molecule has 0 spiro atoms. The highest BCUT2D eigenvalue weighted by atomic mass is 31.2. The number of hydrogen-bond donors (Lipinski definition) is 1. The molecule has 13 nitrogen and oxygen atoms in total. The van der Waals surface area contributed by atoms with E-state index in [0.29, 0.717) is 17.1 Å². The molecule has 0 radical (unpaired) electrons. The van der Waals surface area contributed by atoms with Gasteiger partial charge in [0.15, 0.2) is 12.1 Å². The van der Waals surface area contributed by atoms with Crippen molar-refractivity contribution in [3.63, 3.8) is 0 Å². The number of Topliss-reactive ketones (excluding diaryl/α,β-unsaturated/α-hetero) is 1. The van der Waals surface area contributed by atoms with E-state index >= 15 is 0 Å². The molecule has 1 fully saturated rings. The van der Waals surface area contributed by atoms with Crippen molar-refractivity contribution in [2.24, 2.45) is 0 Å². The number of carbonyl (C=O) groups excluding carboxylic acids is 1. The molecular formula is C59H57N4O9P. The molecule has 14 heteroatoms. The average Bonchev–Trinajstić information content (AvgIpc) is 3.79. The lowest BCUT2D eigenvalue weighted by atomic mass is 9.80. The lowest BCUT2D eigenvalue weighted by molar-refractivity contribution is -0.214. The van der Waals surface area contributed by atoms with Crippen molar-refractivity contribution in [3.8, 4) is 23.3 Å². The quantitative estimate of drug-likeness (QED) is 0.0159. The lowest BCUT2D eigenvalue weighted by Gasteiger charge is -2.40. The minimum absolute atomic E-state index is 0.0155. The van der Waals surface area contributed by atoms with E-state index in [-0.39, 0.29) is 55.8 Å². The normalized spacial score (nSPS) is 16.3. The molecule has 7 aromatic carbocycles. The number of carbonyl (C=O) groups is 1. The highest BCUT2D eigenvalue weighted by Gasteiger charge is 2.49. The van der Waals surface area contributed by atoms with Crippen LogP contribution in [-0.2, 0) is 24.1 Å². The zero-order valence-corrected chi connectivity index (χ0v) is 42.6. The first-order chi connectivity index (χ1) is 35.4. The smallest absolute Gasteiger partial charge is 0.330 e. The number of aromatic nitrogens is 2.